The van der Waals surface area contributed by atoms with E-state index in [4.69, 9.17) is 0 Å². The van der Waals surface area contributed by atoms with Gasteiger partial charge in [0.2, 0.25) is 0 Å². The van der Waals surface area contributed by atoms with Crippen LogP contribution in [0.3, 0.4) is 0 Å². The van der Waals surface area contributed by atoms with E-state index in [0.717, 1.165) is 37.3 Å². The molecule has 0 fully saturated rings. The quantitative estimate of drug-likeness (QED) is 0.739. The third-order valence-corrected chi connectivity index (χ3v) is 3.46. The Bertz CT molecular complexity index is 416. The predicted octanol–water partition coefficient (Wildman–Crippen LogP) is 4.05. The Morgan fingerprint density at radius 2 is 1.86 bits per heavy atom. The first-order chi connectivity index (χ1) is 9.92. The lowest BCUT2D eigenvalue weighted by atomic mass is 10.1. The van der Waals surface area contributed by atoms with Gasteiger partial charge in [-0.05, 0) is 36.6 Å². The Labute approximate surface area is 129 Å². The Balaban J connectivity index is 2.67. The third-order valence-electron chi connectivity index (χ3n) is 3.46. The average molecular weight is 294 g/mol. The van der Waals surface area contributed by atoms with Crippen molar-refractivity contribution in [3.63, 3.8) is 0 Å². The van der Waals surface area contributed by atoms with Crippen LogP contribution in [0, 0.1) is 17.7 Å². The summed E-state index contributed by atoms with van der Waals surface area (Å²) in [4.78, 5) is 2.30. The molecule has 0 atom stereocenters. The molecule has 0 aliphatic carbocycles. The zero-order valence-corrected chi connectivity index (χ0v) is 14.2. The number of nitrogens with zero attached hydrogens (tertiary/aromatic N) is 1. The van der Waals surface area contributed by atoms with Gasteiger partial charge in [-0.1, -0.05) is 46.8 Å². The number of hydrogen-bond acceptors (Lipinski definition) is 2. The minimum Gasteiger partial charge on any atom is -0.312 e. The van der Waals surface area contributed by atoms with Crippen molar-refractivity contribution >= 4 is 0 Å². The Hall–Kier alpha value is -0.930. The normalized spacial score (nSPS) is 11.9. The second kappa shape index (κ2) is 9.16. The van der Waals surface area contributed by atoms with E-state index in [0.29, 0.717) is 18.4 Å². The lowest BCUT2D eigenvalue weighted by Crippen LogP contribution is -2.27. The van der Waals surface area contributed by atoms with Crippen LogP contribution in [0.15, 0.2) is 18.2 Å². The fourth-order valence-electron chi connectivity index (χ4n) is 2.43. The molecule has 0 aromatic heterocycles. The second-order valence-corrected chi connectivity index (χ2v) is 6.67. The molecule has 1 N–H and O–H groups in total. The highest BCUT2D eigenvalue weighted by atomic mass is 19.1. The molecule has 1 aromatic carbocycles. The summed E-state index contributed by atoms with van der Waals surface area (Å²) >= 11 is 0. The molecule has 120 valence electrons. The molecule has 0 amide bonds. The zero-order chi connectivity index (χ0) is 15.8. The summed E-state index contributed by atoms with van der Waals surface area (Å²) in [5.41, 5.74) is 1.97. The van der Waals surface area contributed by atoms with Gasteiger partial charge in [-0.3, -0.25) is 4.90 Å². The first kappa shape index (κ1) is 18.1. The molecule has 3 heteroatoms. The lowest BCUT2D eigenvalue weighted by Gasteiger charge is -2.23. The summed E-state index contributed by atoms with van der Waals surface area (Å²) in [5, 5.41) is 3.41. The van der Waals surface area contributed by atoms with Crippen molar-refractivity contribution in [3.05, 3.63) is 35.1 Å². The van der Waals surface area contributed by atoms with Gasteiger partial charge in [-0.25, -0.2) is 4.39 Å². The van der Waals surface area contributed by atoms with Crippen molar-refractivity contribution in [1.82, 2.24) is 10.2 Å². The largest absolute Gasteiger partial charge is 0.312 e. The molecule has 0 aliphatic heterocycles. The van der Waals surface area contributed by atoms with Gasteiger partial charge in [0.1, 0.15) is 5.82 Å². The molecule has 0 heterocycles. The van der Waals surface area contributed by atoms with Crippen LogP contribution in [0.2, 0.25) is 0 Å². The van der Waals surface area contributed by atoms with Crippen LogP contribution in [0.1, 0.15) is 45.7 Å². The summed E-state index contributed by atoms with van der Waals surface area (Å²) in [6.45, 7) is 15.4. The molecule has 0 saturated carbocycles. The number of rotatable bonds is 9. The van der Waals surface area contributed by atoms with Crippen molar-refractivity contribution < 1.29 is 4.39 Å². The number of hydrogen-bond donors (Lipinski definition) is 1. The monoisotopic (exact) mass is 294 g/mol. The lowest BCUT2D eigenvalue weighted by molar-refractivity contribution is 0.245. The Morgan fingerprint density at radius 1 is 1.14 bits per heavy atom. The van der Waals surface area contributed by atoms with Gasteiger partial charge in [-0.15, -0.1) is 0 Å². The summed E-state index contributed by atoms with van der Waals surface area (Å²) in [6.07, 6.45) is 0. The minimum absolute atomic E-state index is 0.0928. The Kier molecular flexibility index (Phi) is 7.91. The van der Waals surface area contributed by atoms with Crippen LogP contribution in [-0.2, 0) is 13.1 Å². The van der Waals surface area contributed by atoms with Crippen molar-refractivity contribution in [2.75, 3.05) is 19.6 Å². The van der Waals surface area contributed by atoms with Gasteiger partial charge in [0.05, 0.1) is 0 Å². The van der Waals surface area contributed by atoms with Gasteiger partial charge < -0.3 is 5.32 Å². The maximum absolute atomic E-state index is 14.0. The fraction of sp³-hybridized carbons (Fsp3) is 0.667. The van der Waals surface area contributed by atoms with Gasteiger partial charge in [-0.2, -0.15) is 0 Å². The molecule has 0 saturated heterocycles. The van der Waals surface area contributed by atoms with Crippen LogP contribution >= 0.6 is 0 Å². The van der Waals surface area contributed by atoms with Crippen LogP contribution in [0.5, 0.6) is 0 Å². The molecule has 0 spiro atoms. The number of benzene rings is 1. The van der Waals surface area contributed by atoms with Crippen molar-refractivity contribution in [2.45, 2.75) is 47.7 Å². The maximum atomic E-state index is 14.0. The molecule has 21 heavy (non-hydrogen) atoms. The summed E-state index contributed by atoms with van der Waals surface area (Å²) in [5.74, 6) is 1.14. The first-order valence-corrected chi connectivity index (χ1v) is 8.12. The van der Waals surface area contributed by atoms with E-state index in [2.05, 4.69) is 44.8 Å². The molecule has 0 aliphatic rings. The van der Waals surface area contributed by atoms with Crippen LogP contribution < -0.4 is 5.32 Å². The first-order valence-electron chi connectivity index (χ1n) is 8.12. The van der Waals surface area contributed by atoms with E-state index in [9.17, 15) is 4.39 Å². The SMILES string of the molecule is CCN(Cc1cc(CNCC(C)C)ccc1F)CC(C)C. The summed E-state index contributed by atoms with van der Waals surface area (Å²) in [7, 11) is 0. The fourth-order valence-corrected chi connectivity index (χ4v) is 2.43. The second-order valence-electron chi connectivity index (χ2n) is 6.67. The summed E-state index contributed by atoms with van der Waals surface area (Å²) < 4.78 is 14.0. The van der Waals surface area contributed by atoms with E-state index < -0.39 is 0 Å². The molecule has 1 rings (SSSR count). The Morgan fingerprint density at radius 3 is 2.43 bits per heavy atom. The highest BCUT2D eigenvalue weighted by Gasteiger charge is 2.10. The highest BCUT2D eigenvalue weighted by Crippen LogP contribution is 2.14. The van der Waals surface area contributed by atoms with Crippen LogP contribution in [-0.4, -0.2) is 24.5 Å². The van der Waals surface area contributed by atoms with Crippen LogP contribution in [0.4, 0.5) is 4.39 Å². The summed E-state index contributed by atoms with van der Waals surface area (Å²) in [6, 6.07) is 5.49. The van der Waals surface area contributed by atoms with Gasteiger partial charge >= 0.3 is 0 Å². The van der Waals surface area contributed by atoms with E-state index >= 15 is 0 Å². The van der Waals surface area contributed by atoms with Gasteiger partial charge in [0, 0.05) is 25.2 Å². The molecular weight excluding hydrogens is 263 g/mol. The smallest absolute Gasteiger partial charge is 0.127 e. The van der Waals surface area contributed by atoms with E-state index in [1.807, 2.05) is 12.1 Å². The molecule has 2 nitrogen and oxygen atoms in total. The highest BCUT2D eigenvalue weighted by molar-refractivity contribution is 5.25. The van der Waals surface area contributed by atoms with Gasteiger partial charge in [0.25, 0.3) is 0 Å². The van der Waals surface area contributed by atoms with E-state index in [1.165, 1.54) is 0 Å². The van der Waals surface area contributed by atoms with Crippen LogP contribution in [0.25, 0.3) is 0 Å². The van der Waals surface area contributed by atoms with E-state index in [1.54, 1.807) is 6.07 Å². The number of halogens is 1. The van der Waals surface area contributed by atoms with E-state index in [-0.39, 0.29) is 5.82 Å². The topological polar surface area (TPSA) is 15.3 Å². The average Bonchev–Trinajstić information content (AvgIpc) is 2.40. The standard InChI is InChI=1S/C18H31FN2/c1-6-21(12-15(4)5)13-17-9-16(7-8-18(17)19)11-20-10-14(2)3/h7-9,14-15,20H,6,10-13H2,1-5H3. The predicted molar refractivity (Wildman–Crippen MR) is 88.7 cm³/mol. The number of nitrogens with one attached hydrogen (secondary N) is 1. The molecule has 1 aromatic rings. The molecule has 0 radical (unpaired) electrons. The molecule has 0 unspecified atom stereocenters. The van der Waals surface area contributed by atoms with Crippen molar-refractivity contribution in [3.8, 4) is 0 Å². The van der Waals surface area contributed by atoms with Crippen molar-refractivity contribution in [1.29, 1.82) is 0 Å². The minimum atomic E-state index is -0.0928. The zero-order valence-electron chi connectivity index (χ0n) is 14.2. The molecular formula is C18H31FN2. The maximum Gasteiger partial charge on any atom is 0.127 e. The van der Waals surface area contributed by atoms with Gasteiger partial charge in [0.15, 0.2) is 0 Å². The molecule has 0 bridgehead atoms. The third kappa shape index (κ3) is 7.05. The van der Waals surface area contributed by atoms with Crippen molar-refractivity contribution in [2.24, 2.45) is 11.8 Å².